The number of hydrogen-bond donors (Lipinski definition) is 0. The fourth-order valence-electron chi connectivity index (χ4n) is 10.3. The first-order valence-corrected chi connectivity index (χ1v) is 29.2. The van der Waals surface area contributed by atoms with Crippen molar-refractivity contribution in [2.24, 2.45) is 7.05 Å². The predicted molar refractivity (Wildman–Crippen MR) is 329 cm³/mol. The number of aromatic nitrogens is 1. The molecular weight excluding hydrogens is 1080 g/mol. The molecule has 0 bridgehead atoms. The summed E-state index contributed by atoms with van der Waals surface area (Å²) in [7, 11) is 9.11. The highest BCUT2D eigenvalue weighted by molar-refractivity contribution is 7.92. The summed E-state index contributed by atoms with van der Waals surface area (Å²) in [5.41, 5.74) is 12.5. The van der Waals surface area contributed by atoms with Crippen LogP contribution < -0.4 is 20.3 Å². The van der Waals surface area contributed by atoms with Gasteiger partial charge in [-0.15, -0.1) is 0 Å². The molecule has 6 aliphatic heterocycles. The Morgan fingerprint density at radius 3 is 1.50 bits per heavy atom. The third kappa shape index (κ3) is 14.2. The van der Waals surface area contributed by atoms with Crippen LogP contribution in [0.3, 0.4) is 0 Å². The number of carbonyl (C=O) groups is 6. The molecule has 432 valence electrons. The first-order valence-electron chi connectivity index (χ1n) is 27.5. The zero-order valence-corrected chi connectivity index (χ0v) is 49.2. The van der Waals surface area contributed by atoms with Crippen molar-refractivity contribution < 1.29 is 37.2 Å². The molecule has 8 aromatic rings. The summed E-state index contributed by atoms with van der Waals surface area (Å²) in [4.78, 5) is 89.4. The summed E-state index contributed by atoms with van der Waals surface area (Å²) in [5, 5.41) is 1.10. The second kappa shape index (κ2) is 27.1. The van der Waals surface area contributed by atoms with Gasteiger partial charge in [-0.3, -0.25) is 33.6 Å². The Bertz CT molecular complexity index is 3950. The van der Waals surface area contributed by atoms with Crippen molar-refractivity contribution in [2.45, 2.75) is 50.1 Å². The van der Waals surface area contributed by atoms with Crippen LogP contribution in [-0.4, -0.2) is 118 Å². The lowest BCUT2D eigenvalue weighted by molar-refractivity contribution is -0.130. The minimum atomic E-state index is -3.42. The second-order valence-corrected chi connectivity index (χ2v) is 22.9. The maximum Gasteiger partial charge on any atom is 0.254 e. The van der Waals surface area contributed by atoms with Crippen LogP contribution in [0.4, 0.5) is 17.1 Å². The van der Waals surface area contributed by atoms with E-state index in [0.717, 1.165) is 77.0 Å². The molecule has 1 aromatic heterocycles. The molecule has 16 nitrogen and oxygen atoms in total. The fraction of sp³-hybridized carbons (Fsp3) is 0.239. The summed E-state index contributed by atoms with van der Waals surface area (Å²) in [6.07, 6.45) is 3.64. The van der Waals surface area contributed by atoms with Crippen molar-refractivity contribution in [1.82, 2.24) is 19.3 Å². The molecule has 0 fully saturated rings. The second-order valence-electron chi connectivity index (χ2n) is 21.0. The van der Waals surface area contributed by atoms with Gasteiger partial charge in [-0.25, -0.2) is 8.42 Å². The maximum absolute atomic E-state index is 11.6. The van der Waals surface area contributed by atoms with Crippen LogP contribution >= 0.6 is 0 Å². The minimum absolute atomic E-state index is 0.0358. The topological polar surface area (TPSA) is 178 Å². The van der Waals surface area contributed by atoms with E-state index in [9.17, 15) is 42.0 Å². The van der Waals surface area contributed by atoms with Crippen LogP contribution in [0.25, 0.3) is 10.9 Å². The molecule has 0 unspecified atom stereocenters. The number of fused-ring (bicyclic) bond motifs is 7. The van der Waals surface area contributed by atoms with Crippen LogP contribution in [0.15, 0.2) is 192 Å². The lowest BCUT2D eigenvalue weighted by Crippen LogP contribution is -2.37. The summed E-state index contributed by atoms with van der Waals surface area (Å²) in [6, 6.07) is 57.4. The van der Waals surface area contributed by atoms with E-state index in [4.69, 9.17) is 0 Å². The van der Waals surface area contributed by atoms with Gasteiger partial charge in [0, 0.05) is 104 Å². The zero-order valence-electron chi connectivity index (χ0n) is 48.4. The highest BCUT2D eigenvalue weighted by atomic mass is 32.2. The molecule has 7 heterocycles. The van der Waals surface area contributed by atoms with E-state index in [-0.39, 0.29) is 45.9 Å². The standard InChI is InChI=1S/3C10H11NO.C10H9NO.C9H9NO3S.2C9H9NO/c1-11-7-9-5-3-2-4-8(9)6-10(11)12;1-11-7-6-8-4-2-3-5-9(8)10(11)12;2*1-11-9-5-3-2-4-8(9)6-7-10(11)12;1-10-7-4-2-3-5-8(7)14(12,13)6-9(10)11;1-10-6-7-4-2-3-5-8(7)9(10)11;1-10-8-5-3-2-4-7(8)6-9(10)11/h3*2-5H,6-7H2,1H3;2-7H,1H3;2-5H,6H2,1H3;2*2-5H,6H2,1H3. The fourth-order valence-corrected chi connectivity index (χ4v) is 11.7. The molecule has 0 aliphatic carbocycles. The molecule has 6 amide bonds. The number of para-hydroxylation sites is 4. The summed E-state index contributed by atoms with van der Waals surface area (Å²) in [6.45, 7) is 2.36. The van der Waals surface area contributed by atoms with E-state index >= 15 is 0 Å². The number of anilines is 3. The summed E-state index contributed by atoms with van der Waals surface area (Å²) < 4.78 is 24.8. The number of likely N-dealkylation sites (N-methyl/N-ethyl adjacent to an activating group) is 3. The van der Waals surface area contributed by atoms with Crippen molar-refractivity contribution in [2.75, 3.05) is 69.3 Å². The SMILES string of the molecule is CN1C(=O)CCc2ccccc21.CN1C(=O)CS(=O)(=O)c2ccccc21.CN1C(=O)Cc2ccccc21.CN1CCc2ccccc2C1=O.CN1Cc2ccccc2C1=O.CN1Cc2ccccc2CC1=O.Cn1c(=O)ccc2ccccc21. The Balaban J connectivity index is 0.000000128. The minimum Gasteiger partial charge on any atom is -0.341 e. The normalized spacial score (nSPS) is 15.6. The number of benzene rings is 7. The molecular formula is C67H69N7O9S. The van der Waals surface area contributed by atoms with Gasteiger partial charge in [0.15, 0.2) is 9.84 Å². The number of carbonyl (C=O) groups excluding carboxylic acids is 6. The Morgan fingerprint density at radius 2 is 0.833 bits per heavy atom. The van der Waals surface area contributed by atoms with E-state index in [0.29, 0.717) is 24.9 Å². The smallest absolute Gasteiger partial charge is 0.254 e. The van der Waals surface area contributed by atoms with Gasteiger partial charge in [0.2, 0.25) is 23.6 Å². The van der Waals surface area contributed by atoms with E-state index in [1.54, 1.807) is 67.4 Å². The van der Waals surface area contributed by atoms with Gasteiger partial charge in [-0.05, 0) is 100 Å². The zero-order chi connectivity index (χ0) is 60.2. The van der Waals surface area contributed by atoms with Crippen LogP contribution in [0.5, 0.6) is 0 Å². The number of aryl methyl sites for hydroxylation is 2. The number of amides is 6. The molecule has 0 atom stereocenters. The molecule has 0 saturated carbocycles. The Labute approximate surface area is 490 Å². The number of rotatable bonds is 0. The number of sulfone groups is 1. The maximum atomic E-state index is 11.6. The van der Waals surface area contributed by atoms with Crippen molar-refractivity contribution in [3.63, 3.8) is 0 Å². The monoisotopic (exact) mass is 1150 g/mol. The average Bonchev–Trinajstić information content (AvgIpc) is 3.69. The lowest BCUT2D eigenvalue weighted by Gasteiger charge is -2.25. The highest BCUT2D eigenvalue weighted by Crippen LogP contribution is 2.30. The Hall–Kier alpha value is -9.48. The van der Waals surface area contributed by atoms with Crippen LogP contribution in [0.1, 0.15) is 60.5 Å². The van der Waals surface area contributed by atoms with Crippen molar-refractivity contribution >= 4 is 73.2 Å². The van der Waals surface area contributed by atoms with Crippen LogP contribution in [0.2, 0.25) is 0 Å². The molecule has 84 heavy (non-hydrogen) atoms. The Kier molecular flexibility index (Phi) is 19.5. The Morgan fingerprint density at radius 1 is 0.357 bits per heavy atom. The number of hydrogen-bond acceptors (Lipinski definition) is 9. The van der Waals surface area contributed by atoms with Gasteiger partial charge >= 0.3 is 0 Å². The van der Waals surface area contributed by atoms with Gasteiger partial charge in [0.25, 0.3) is 17.4 Å². The molecule has 6 aliphatic rings. The third-order valence-corrected chi connectivity index (χ3v) is 16.9. The molecule has 14 rings (SSSR count). The van der Waals surface area contributed by atoms with Gasteiger partial charge < -0.3 is 34.0 Å². The highest BCUT2D eigenvalue weighted by Gasteiger charge is 2.32. The number of nitrogens with zero attached hydrogens (tertiary/aromatic N) is 7. The van der Waals surface area contributed by atoms with Gasteiger partial charge in [0.05, 0.1) is 28.9 Å². The van der Waals surface area contributed by atoms with Gasteiger partial charge in [0.1, 0.15) is 5.75 Å². The van der Waals surface area contributed by atoms with E-state index in [1.165, 1.54) is 33.2 Å². The van der Waals surface area contributed by atoms with Crippen molar-refractivity contribution in [3.05, 3.63) is 237 Å². The summed E-state index contributed by atoms with van der Waals surface area (Å²) in [5.74, 6) is 0.0929. The number of pyridine rings is 1. The average molecular weight is 1150 g/mol. The van der Waals surface area contributed by atoms with Crippen LogP contribution in [-0.2, 0) is 74.8 Å². The van der Waals surface area contributed by atoms with Crippen LogP contribution in [0, 0.1) is 0 Å². The molecule has 17 heteroatoms. The van der Waals surface area contributed by atoms with E-state index in [2.05, 4.69) is 12.1 Å². The van der Waals surface area contributed by atoms with E-state index < -0.39 is 15.6 Å². The molecule has 0 radical (unpaired) electrons. The first kappa shape index (κ1) is 60.6. The summed E-state index contributed by atoms with van der Waals surface area (Å²) >= 11 is 0. The third-order valence-electron chi connectivity index (χ3n) is 15.3. The lowest BCUT2D eigenvalue weighted by atomic mass is 10.00. The molecule has 0 spiro atoms. The predicted octanol–water partition coefficient (Wildman–Crippen LogP) is 8.56. The molecule has 0 N–H and O–H groups in total. The van der Waals surface area contributed by atoms with Crippen molar-refractivity contribution in [1.29, 1.82) is 0 Å². The van der Waals surface area contributed by atoms with Crippen molar-refractivity contribution in [3.8, 4) is 0 Å². The largest absolute Gasteiger partial charge is 0.341 e. The molecule has 7 aromatic carbocycles. The van der Waals surface area contributed by atoms with Gasteiger partial charge in [-0.1, -0.05) is 127 Å². The van der Waals surface area contributed by atoms with E-state index in [1.807, 2.05) is 175 Å². The van der Waals surface area contributed by atoms with Gasteiger partial charge in [-0.2, -0.15) is 0 Å². The molecule has 0 saturated heterocycles. The quantitative estimate of drug-likeness (QED) is 0.144. The first-order chi connectivity index (χ1) is 40.2.